The van der Waals surface area contributed by atoms with E-state index in [0.717, 1.165) is 73.0 Å². The Morgan fingerprint density at radius 1 is 0.760 bits per heavy atom. The first kappa shape index (κ1) is 78.6. The number of carbonyl (C=O) groups excluding carboxylic acids is 7. The fourth-order valence-electron chi connectivity index (χ4n) is 10.7. The van der Waals surface area contributed by atoms with Gasteiger partial charge in [0.05, 0.1) is 56.5 Å². The molecule has 25 heteroatoms. The topological polar surface area (TPSA) is 276 Å². The van der Waals surface area contributed by atoms with Crippen molar-refractivity contribution in [2.24, 2.45) is 17.3 Å². The summed E-state index contributed by atoms with van der Waals surface area (Å²) < 4.78 is 28.3. The van der Waals surface area contributed by atoms with Crippen molar-refractivity contribution in [2.45, 2.75) is 147 Å². The number of piperazine rings is 1. The van der Waals surface area contributed by atoms with E-state index in [1.165, 1.54) is 30.9 Å². The molecule has 7 amide bonds. The highest BCUT2D eigenvalue weighted by Crippen LogP contribution is 2.45. The molecule has 96 heavy (non-hydrogen) atoms. The fourth-order valence-corrected chi connectivity index (χ4v) is 13.6. The van der Waals surface area contributed by atoms with Gasteiger partial charge in [-0.25, -0.2) is 4.79 Å². The Morgan fingerprint density at radius 3 is 2.02 bits per heavy atom. The number of methoxy groups -OCH3 is 1. The van der Waals surface area contributed by atoms with Gasteiger partial charge in [-0.05, 0) is 131 Å². The summed E-state index contributed by atoms with van der Waals surface area (Å²) in [5, 5.41) is 24.1. The van der Waals surface area contributed by atoms with Crippen LogP contribution in [0.5, 0.6) is 5.75 Å². The Labute approximate surface area is 579 Å². The van der Waals surface area contributed by atoms with Gasteiger partial charge in [0, 0.05) is 107 Å². The number of nitrogens with one attached hydrogen (secondary N) is 5. The summed E-state index contributed by atoms with van der Waals surface area (Å²) in [5.41, 5.74) is 2.95. The second-order valence-electron chi connectivity index (χ2n) is 26.3. The molecule has 0 spiro atoms. The third-order valence-corrected chi connectivity index (χ3v) is 20.5. The monoisotopic (exact) mass is 1390 g/mol. The van der Waals surface area contributed by atoms with Crippen molar-refractivity contribution < 1.29 is 67.1 Å². The molecule has 3 aromatic rings. The maximum Gasteiger partial charge on any atom is 0.326 e. The third kappa shape index (κ3) is 28.2. The lowest BCUT2D eigenvalue weighted by Crippen LogP contribution is -2.53. The molecule has 528 valence electrons. The van der Waals surface area contributed by atoms with Crippen molar-refractivity contribution in [1.82, 2.24) is 41.3 Å². The van der Waals surface area contributed by atoms with Gasteiger partial charge in [0.25, 0.3) is 11.8 Å². The second-order valence-corrected chi connectivity index (χ2v) is 29.6. The van der Waals surface area contributed by atoms with Crippen LogP contribution in [0.2, 0.25) is 5.02 Å². The van der Waals surface area contributed by atoms with Gasteiger partial charge in [-0.1, -0.05) is 109 Å². The molecule has 3 heterocycles. The maximum absolute atomic E-state index is 13.7. The first-order valence-electron chi connectivity index (χ1n) is 33.4. The molecule has 22 nitrogen and oxygen atoms in total. The van der Waals surface area contributed by atoms with Crippen LogP contribution >= 0.6 is 33.2 Å². The molecular weight excluding hydrogens is 1290 g/mol. The summed E-state index contributed by atoms with van der Waals surface area (Å²) in [5.74, 6) is -2.92. The maximum atomic E-state index is 13.7. The molecule has 3 aromatic carbocycles. The highest BCUT2D eigenvalue weighted by molar-refractivity contribution is 8.77. The van der Waals surface area contributed by atoms with E-state index in [2.05, 4.69) is 87.5 Å². The van der Waals surface area contributed by atoms with E-state index in [9.17, 15) is 43.5 Å². The minimum absolute atomic E-state index is 0.0136. The summed E-state index contributed by atoms with van der Waals surface area (Å²) in [6, 6.07) is 19.9. The SMILES string of the molecule is COc1ccc(C[C@@H](NC(=O)/C=C/CC[C@H](C)[C@H]2O[C@@H]2c2ccc(CN3CCN(CCC(C)(C)SSc4ccccc4CC(=O)NCCCOCCOCCOCCCNC(=O)CCN4C(=O)C=CC4=O)CC3)cc2)C(=O)NCC(C)(C)C(=O)N[C@@H](CC(C)C)C(=O)O)cc1Cl. The number of hydrogen-bond acceptors (Lipinski definition) is 17. The van der Waals surface area contributed by atoms with E-state index in [1.54, 1.807) is 48.9 Å². The average Bonchev–Trinajstić information content (AvgIpc) is 1.64. The standard InChI is InChI=1S/C71H101ClN8O14S2/c1-49(2)43-57(68(87)88)77-69(89)70(4,5)48-75-67(86)56(45-52-21-24-58(90-8)55(72)44-52)76-61(82)18-12-9-15-50(3)65-66(94-65)53-22-19-51(20-23-53)47-79-35-33-78(34-36-79)32-28-71(6,7)96-95-59-17-11-10-16-54(59)46-62(83)74-30-14-38-92-40-42-93-41-39-91-37-13-29-73-60(81)27-31-80-63(84)25-26-64(80)85/h10-12,16-26,44,49-50,56-57,65-66H,9,13-15,27-43,45-48H2,1-8H3,(H,73,81)(H,74,83)(H,75,86)(H,76,82)(H,77,89)(H,87,88)/b18-12+/t50-,56+,57-,65+,66+/m0/s1. The van der Waals surface area contributed by atoms with E-state index in [-0.39, 0.29) is 73.0 Å². The van der Waals surface area contributed by atoms with Crippen molar-refractivity contribution in [3.63, 3.8) is 0 Å². The molecule has 0 saturated carbocycles. The largest absolute Gasteiger partial charge is 0.495 e. The lowest BCUT2D eigenvalue weighted by atomic mass is 9.91. The molecule has 0 aromatic heterocycles. The summed E-state index contributed by atoms with van der Waals surface area (Å²) in [6.45, 7) is 23.2. The van der Waals surface area contributed by atoms with Gasteiger partial charge < -0.3 is 60.3 Å². The molecule has 2 saturated heterocycles. The number of imide groups is 1. The first-order chi connectivity index (χ1) is 45.9. The molecular formula is C71H101ClN8O14S2. The van der Waals surface area contributed by atoms with Gasteiger partial charge in [0.2, 0.25) is 29.5 Å². The van der Waals surface area contributed by atoms with Crippen LogP contribution in [0.1, 0.15) is 122 Å². The molecule has 3 aliphatic rings. The molecule has 5 atom stereocenters. The highest BCUT2D eigenvalue weighted by atomic mass is 35.5. The number of halogens is 1. The lowest BCUT2D eigenvalue weighted by molar-refractivity contribution is -0.144. The molecule has 0 aliphatic carbocycles. The number of amides is 7. The van der Waals surface area contributed by atoms with Gasteiger partial charge in [0.1, 0.15) is 23.9 Å². The number of carboxylic acid groups (broad SMARTS) is 1. The van der Waals surface area contributed by atoms with Crippen molar-refractivity contribution in [2.75, 3.05) is 106 Å². The van der Waals surface area contributed by atoms with Crippen LogP contribution in [0.25, 0.3) is 0 Å². The summed E-state index contributed by atoms with van der Waals surface area (Å²) in [7, 11) is 5.10. The van der Waals surface area contributed by atoms with Gasteiger partial charge in [-0.15, -0.1) is 0 Å². The zero-order chi connectivity index (χ0) is 69.6. The smallest absolute Gasteiger partial charge is 0.326 e. The molecule has 0 unspecified atom stereocenters. The van der Waals surface area contributed by atoms with Gasteiger partial charge >= 0.3 is 5.97 Å². The number of nitrogens with zero attached hydrogens (tertiary/aromatic N) is 3. The van der Waals surface area contributed by atoms with E-state index in [0.29, 0.717) is 94.7 Å². The van der Waals surface area contributed by atoms with E-state index < -0.39 is 53.0 Å². The Kier molecular flexibility index (Phi) is 33.2. The number of aliphatic carboxylic acids is 1. The molecule has 0 radical (unpaired) electrons. The van der Waals surface area contributed by atoms with Crippen molar-refractivity contribution in [3.8, 4) is 5.75 Å². The average molecular weight is 1390 g/mol. The summed E-state index contributed by atoms with van der Waals surface area (Å²) in [4.78, 5) is 107. The number of ether oxygens (including phenoxy) is 5. The van der Waals surface area contributed by atoms with Crippen molar-refractivity contribution in [3.05, 3.63) is 118 Å². The predicted molar refractivity (Wildman–Crippen MR) is 373 cm³/mol. The quantitative estimate of drug-likeness (QED) is 0.0103. The number of carbonyl (C=O) groups is 8. The number of carboxylic acids is 1. The van der Waals surface area contributed by atoms with Crippen LogP contribution in [-0.2, 0) is 76.7 Å². The lowest BCUT2D eigenvalue weighted by Gasteiger charge is -2.36. The molecule has 2 fully saturated rings. The van der Waals surface area contributed by atoms with E-state index in [4.69, 9.17) is 35.3 Å². The van der Waals surface area contributed by atoms with Gasteiger partial charge in [0.15, 0.2) is 0 Å². The Balaban J connectivity index is 0.799. The van der Waals surface area contributed by atoms with E-state index in [1.807, 2.05) is 42.8 Å². The Hall–Kier alpha value is -6.35. The number of hydrogen-bond donors (Lipinski definition) is 6. The Bertz CT molecular complexity index is 3070. The second kappa shape index (κ2) is 40.5. The van der Waals surface area contributed by atoms with Gasteiger partial charge in [-0.2, -0.15) is 0 Å². The van der Waals surface area contributed by atoms with Crippen molar-refractivity contribution in [1.29, 1.82) is 0 Å². The number of allylic oxidation sites excluding steroid dienone is 1. The van der Waals surface area contributed by atoms with Crippen LogP contribution in [-0.4, -0.2) is 196 Å². The number of rotatable bonds is 45. The predicted octanol–water partition coefficient (Wildman–Crippen LogP) is 7.89. The van der Waals surface area contributed by atoms with Gasteiger partial charge in [-0.3, -0.25) is 43.4 Å². The zero-order valence-corrected chi connectivity index (χ0v) is 59.5. The molecule has 6 N–H and O–H groups in total. The van der Waals surface area contributed by atoms with Crippen LogP contribution in [0, 0.1) is 17.3 Å². The van der Waals surface area contributed by atoms with Crippen molar-refractivity contribution >= 4 is 80.5 Å². The minimum atomic E-state index is -1.16. The molecule has 0 bridgehead atoms. The zero-order valence-electron chi connectivity index (χ0n) is 57.1. The van der Waals surface area contributed by atoms with E-state index >= 15 is 0 Å². The Morgan fingerprint density at radius 2 is 1.39 bits per heavy atom. The van der Waals surface area contributed by atoms with Crippen LogP contribution < -0.4 is 31.3 Å². The fraction of sp³-hybridized carbons (Fsp3) is 0.577. The number of benzene rings is 3. The first-order valence-corrected chi connectivity index (χ1v) is 36.0. The molecule has 6 rings (SSSR count). The number of epoxide rings is 1. The highest BCUT2D eigenvalue weighted by Gasteiger charge is 2.43. The molecule has 3 aliphatic heterocycles. The van der Waals surface area contributed by atoms with Crippen LogP contribution in [0.15, 0.2) is 95.9 Å². The summed E-state index contributed by atoms with van der Waals surface area (Å²) in [6.07, 6.45) is 10.2. The van der Waals surface area contributed by atoms with Crippen LogP contribution in [0.4, 0.5) is 0 Å². The summed E-state index contributed by atoms with van der Waals surface area (Å²) >= 11 is 6.41. The third-order valence-electron chi connectivity index (χ3n) is 16.7. The van der Waals surface area contributed by atoms with Crippen LogP contribution in [0.3, 0.4) is 0 Å². The minimum Gasteiger partial charge on any atom is -0.495 e. The normalized spacial score (nSPS) is 17.0.